The first kappa shape index (κ1) is 25.9. The van der Waals surface area contributed by atoms with E-state index < -0.39 is 5.91 Å². The fourth-order valence-electron chi connectivity index (χ4n) is 6.45. The average molecular weight is 518 g/mol. The normalized spacial score (nSPS) is 23.0. The maximum Gasteiger partial charge on any atom is 0.304 e. The van der Waals surface area contributed by atoms with Gasteiger partial charge in [0.15, 0.2) is 12.3 Å². The Morgan fingerprint density at radius 1 is 1.13 bits per heavy atom. The van der Waals surface area contributed by atoms with E-state index in [1.54, 1.807) is 19.2 Å². The molecule has 200 valence electrons. The summed E-state index contributed by atoms with van der Waals surface area (Å²) in [5.41, 5.74) is 2.54. The first-order chi connectivity index (χ1) is 18.2. The number of oxime groups is 1. The van der Waals surface area contributed by atoms with Gasteiger partial charge in [-0.2, -0.15) is 0 Å². The fraction of sp³-hybridized carbons (Fsp3) is 0.448. The number of carbonyl (C=O) groups excluding carboxylic acids is 1. The van der Waals surface area contributed by atoms with Gasteiger partial charge >= 0.3 is 5.91 Å². The fourth-order valence-corrected chi connectivity index (χ4v) is 6.45. The Balaban J connectivity index is 1.27. The maximum atomic E-state index is 12.3. The molecule has 9 nitrogen and oxygen atoms in total. The minimum atomic E-state index is -0.600. The van der Waals surface area contributed by atoms with E-state index in [4.69, 9.17) is 9.57 Å². The van der Waals surface area contributed by atoms with Crippen LogP contribution < -0.4 is 4.74 Å². The van der Waals surface area contributed by atoms with Gasteiger partial charge in [-0.25, -0.2) is 0 Å². The van der Waals surface area contributed by atoms with Crippen molar-refractivity contribution in [2.24, 2.45) is 26.2 Å². The van der Waals surface area contributed by atoms with Crippen LogP contribution in [0.3, 0.4) is 0 Å². The second-order valence-electron chi connectivity index (χ2n) is 11.6. The quantitative estimate of drug-likeness (QED) is 0.229. The predicted octanol–water partition coefficient (Wildman–Crippen LogP) is 5.87. The Bertz CT molecular complexity index is 1380. The number of carbonyl (C=O) groups is 1. The van der Waals surface area contributed by atoms with Crippen molar-refractivity contribution in [1.29, 1.82) is 0 Å². The van der Waals surface area contributed by atoms with Crippen LogP contribution in [-0.2, 0) is 16.3 Å². The predicted molar refractivity (Wildman–Crippen MR) is 146 cm³/mol. The number of hydrogen-bond acceptors (Lipinski definition) is 7. The Morgan fingerprint density at radius 2 is 1.89 bits per heavy atom. The molecule has 0 radical (unpaired) electrons. The van der Waals surface area contributed by atoms with Gasteiger partial charge in [-0.15, -0.1) is 10.2 Å². The smallest absolute Gasteiger partial charge is 0.304 e. The summed E-state index contributed by atoms with van der Waals surface area (Å²) >= 11 is 0. The van der Waals surface area contributed by atoms with Gasteiger partial charge in [0.05, 0.1) is 25.5 Å². The number of methoxy groups -OCH3 is 1. The summed E-state index contributed by atoms with van der Waals surface area (Å²) in [5, 5.41) is 23.7. The van der Waals surface area contributed by atoms with Gasteiger partial charge in [0.1, 0.15) is 5.75 Å². The van der Waals surface area contributed by atoms with Crippen molar-refractivity contribution in [3.8, 4) is 11.6 Å². The van der Waals surface area contributed by atoms with Crippen LogP contribution in [0.2, 0.25) is 0 Å². The largest absolute Gasteiger partial charge is 0.497 e. The van der Waals surface area contributed by atoms with Gasteiger partial charge in [-0.05, 0) is 66.0 Å². The minimum Gasteiger partial charge on any atom is -0.497 e. The number of para-hydroxylation sites is 1. The summed E-state index contributed by atoms with van der Waals surface area (Å²) in [6, 6.07) is 15.4. The molecule has 2 heterocycles. The molecule has 0 spiro atoms. The highest BCUT2D eigenvalue weighted by Crippen LogP contribution is 2.53. The number of aromatic nitrogens is 1. The molecule has 2 fully saturated rings. The van der Waals surface area contributed by atoms with Gasteiger partial charge in [-0.3, -0.25) is 14.3 Å². The SMILES string of the molecule is COc1ccc(C=NOCC(=O)N=Nc2c(O)n(CN3CC4(C)CC3CC(C)(C)C4)c3ccccc23)cc1. The molecular weight excluding hydrogens is 482 g/mol. The molecular formula is C29H35N5O4. The van der Waals surface area contributed by atoms with Gasteiger partial charge < -0.3 is 14.7 Å². The first-order valence-corrected chi connectivity index (χ1v) is 12.9. The number of aromatic hydroxyl groups is 1. The van der Waals surface area contributed by atoms with Crippen molar-refractivity contribution in [3.63, 3.8) is 0 Å². The number of fused-ring (bicyclic) bond motifs is 3. The van der Waals surface area contributed by atoms with Gasteiger partial charge in [-0.1, -0.05) is 44.1 Å². The molecule has 9 heteroatoms. The van der Waals surface area contributed by atoms with Crippen molar-refractivity contribution >= 4 is 28.7 Å². The highest BCUT2D eigenvalue weighted by molar-refractivity contribution is 5.95. The number of amides is 1. The summed E-state index contributed by atoms with van der Waals surface area (Å²) in [5.74, 6) is 0.147. The number of benzene rings is 2. The van der Waals surface area contributed by atoms with E-state index in [1.165, 1.54) is 19.1 Å². The van der Waals surface area contributed by atoms with Crippen molar-refractivity contribution in [3.05, 3.63) is 54.1 Å². The third-order valence-electron chi connectivity index (χ3n) is 7.61. The van der Waals surface area contributed by atoms with E-state index in [-0.39, 0.29) is 23.6 Å². The third-order valence-corrected chi connectivity index (χ3v) is 7.61. The molecule has 1 amide bonds. The number of likely N-dealkylation sites (tertiary alicyclic amines) is 1. The Hall–Kier alpha value is -3.72. The molecule has 2 aromatic carbocycles. The highest BCUT2D eigenvalue weighted by atomic mass is 16.6. The molecule has 1 N–H and O–H groups in total. The molecule has 2 unspecified atom stereocenters. The Labute approximate surface area is 222 Å². The van der Waals surface area contributed by atoms with Gasteiger partial charge in [0.25, 0.3) is 0 Å². The molecule has 1 aromatic heterocycles. The summed E-state index contributed by atoms with van der Waals surface area (Å²) in [4.78, 5) is 19.8. The standard InChI is InChI=1S/C29H35N5O4/c1-28(2)13-21-14-29(3,17-28)18-33(21)19-34-24-8-6-5-7-23(24)26(27(34)36)32-31-25(35)16-38-30-15-20-9-11-22(37-4)12-10-20/h5-12,15,21,36H,13-14,16-19H2,1-4H3. The van der Waals surface area contributed by atoms with Crippen LogP contribution in [0.4, 0.5) is 5.69 Å². The van der Waals surface area contributed by atoms with Crippen LogP contribution in [0.1, 0.15) is 45.6 Å². The molecule has 5 rings (SSSR count). The molecule has 1 aliphatic carbocycles. The van der Waals surface area contributed by atoms with Crippen LogP contribution in [0.5, 0.6) is 11.6 Å². The van der Waals surface area contributed by atoms with E-state index in [9.17, 15) is 9.90 Å². The lowest BCUT2D eigenvalue weighted by Gasteiger charge is -2.40. The Morgan fingerprint density at radius 3 is 2.66 bits per heavy atom. The van der Waals surface area contributed by atoms with Crippen LogP contribution in [-0.4, -0.2) is 53.0 Å². The number of rotatable bonds is 8. The summed E-state index contributed by atoms with van der Waals surface area (Å²) in [6.07, 6.45) is 5.03. The third kappa shape index (κ3) is 5.43. The summed E-state index contributed by atoms with van der Waals surface area (Å²) < 4.78 is 7.00. The zero-order valence-corrected chi connectivity index (χ0v) is 22.4. The van der Waals surface area contributed by atoms with E-state index in [2.05, 4.69) is 41.1 Å². The topological polar surface area (TPSA) is 101 Å². The molecule has 1 saturated heterocycles. The Kier molecular flexibility index (Phi) is 6.96. The second kappa shape index (κ2) is 10.2. The molecule has 1 aliphatic heterocycles. The van der Waals surface area contributed by atoms with Gasteiger partial charge in [0.2, 0.25) is 5.88 Å². The van der Waals surface area contributed by atoms with Crippen LogP contribution in [0.15, 0.2) is 63.9 Å². The number of nitrogens with zero attached hydrogens (tertiary/aromatic N) is 5. The monoisotopic (exact) mass is 517 g/mol. The zero-order valence-electron chi connectivity index (χ0n) is 22.4. The number of hydrogen-bond donors (Lipinski definition) is 1. The molecule has 38 heavy (non-hydrogen) atoms. The van der Waals surface area contributed by atoms with Gasteiger partial charge in [0, 0.05) is 18.0 Å². The minimum absolute atomic E-state index is 0.00653. The maximum absolute atomic E-state index is 12.3. The van der Waals surface area contributed by atoms with Crippen LogP contribution >= 0.6 is 0 Å². The second-order valence-corrected chi connectivity index (χ2v) is 11.6. The van der Waals surface area contributed by atoms with E-state index in [0.717, 1.165) is 35.2 Å². The number of ether oxygens (including phenoxy) is 1. The van der Waals surface area contributed by atoms with Crippen LogP contribution in [0, 0.1) is 10.8 Å². The molecule has 1 saturated carbocycles. The summed E-state index contributed by atoms with van der Waals surface area (Å²) in [7, 11) is 1.60. The molecule has 2 atom stereocenters. The molecule has 2 bridgehead atoms. The lowest BCUT2D eigenvalue weighted by molar-refractivity contribution is -0.122. The van der Waals surface area contributed by atoms with E-state index in [0.29, 0.717) is 18.1 Å². The molecule has 3 aromatic rings. The number of azo groups is 1. The highest BCUT2D eigenvalue weighted by Gasteiger charge is 2.49. The van der Waals surface area contributed by atoms with E-state index >= 15 is 0 Å². The zero-order chi connectivity index (χ0) is 26.9. The first-order valence-electron chi connectivity index (χ1n) is 12.9. The van der Waals surface area contributed by atoms with Crippen molar-refractivity contribution in [2.45, 2.75) is 52.7 Å². The van der Waals surface area contributed by atoms with Crippen molar-refractivity contribution < 1.29 is 19.5 Å². The van der Waals surface area contributed by atoms with Crippen molar-refractivity contribution in [1.82, 2.24) is 9.47 Å². The van der Waals surface area contributed by atoms with E-state index in [1.807, 2.05) is 41.0 Å². The lowest BCUT2D eigenvalue weighted by atomic mass is 9.65. The summed E-state index contributed by atoms with van der Waals surface area (Å²) in [6.45, 7) is 8.29. The van der Waals surface area contributed by atoms with Crippen molar-refractivity contribution in [2.75, 3.05) is 20.3 Å². The molecule has 2 aliphatic rings. The average Bonchev–Trinajstić information content (AvgIpc) is 3.28. The van der Waals surface area contributed by atoms with Crippen LogP contribution in [0.25, 0.3) is 10.9 Å². The lowest BCUT2D eigenvalue weighted by Crippen LogP contribution is -2.35.